The summed E-state index contributed by atoms with van der Waals surface area (Å²) in [5, 5.41) is 11.7. The number of benzene rings is 2. The van der Waals surface area contributed by atoms with E-state index in [9.17, 15) is 35.5 Å². The van der Waals surface area contributed by atoms with Gasteiger partial charge in [-0.3, -0.25) is 4.79 Å². The molecule has 4 rings (SSSR count). The maximum atomic E-state index is 13.0. The van der Waals surface area contributed by atoms with E-state index in [1.54, 1.807) is 0 Å². The molecule has 2 fully saturated rings. The summed E-state index contributed by atoms with van der Waals surface area (Å²) < 4.78 is 86.3. The fourth-order valence-corrected chi connectivity index (χ4v) is 4.66. The number of alkyl halides is 6. The molecule has 3 nitrogen and oxygen atoms in total. The van der Waals surface area contributed by atoms with Crippen LogP contribution in [0.3, 0.4) is 0 Å². The topological polar surface area (TPSA) is 49.3 Å². The molecular weight excluding hydrogens is 467 g/mol. The van der Waals surface area contributed by atoms with Gasteiger partial charge in [0.1, 0.15) is 5.82 Å². The molecule has 34 heavy (non-hydrogen) atoms. The summed E-state index contributed by atoms with van der Waals surface area (Å²) in [7, 11) is 0. The van der Waals surface area contributed by atoms with Crippen LogP contribution in [0.15, 0.2) is 42.5 Å². The number of amides is 1. The number of carbonyl (C=O) groups is 1. The zero-order valence-corrected chi connectivity index (χ0v) is 18.0. The minimum absolute atomic E-state index is 0.0131. The highest BCUT2D eigenvalue weighted by Crippen LogP contribution is 2.43. The van der Waals surface area contributed by atoms with Crippen LogP contribution in [0.5, 0.6) is 0 Å². The van der Waals surface area contributed by atoms with Gasteiger partial charge in [0.2, 0.25) is 5.91 Å². The molecule has 1 aliphatic heterocycles. The van der Waals surface area contributed by atoms with Crippen molar-refractivity contribution in [1.29, 1.82) is 0 Å². The van der Waals surface area contributed by atoms with E-state index in [1.807, 2.05) is 12.1 Å². The van der Waals surface area contributed by atoms with Gasteiger partial charge >= 0.3 is 12.4 Å². The van der Waals surface area contributed by atoms with Crippen molar-refractivity contribution in [3.63, 3.8) is 0 Å². The number of rotatable bonds is 3. The average molecular weight is 491 g/mol. The maximum Gasteiger partial charge on any atom is 0.416 e. The third-order valence-electron chi connectivity index (χ3n) is 6.24. The molecular formula is C24H24F7NO2. The lowest BCUT2D eigenvalue weighted by atomic mass is 9.83. The molecule has 2 unspecified atom stereocenters. The lowest BCUT2D eigenvalue weighted by Gasteiger charge is -2.25. The highest BCUT2D eigenvalue weighted by atomic mass is 19.4. The second-order valence-corrected chi connectivity index (χ2v) is 8.54. The first-order valence-electron chi connectivity index (χ1n) is 10.8. The molecule has 1 aliphatic carbocycles. The van der Waals surface area contributed by atoms with Gasteiger partial charge in [0.25, 0.3) is 0 Å². The van der Waals surface area contributed by atoms with Gasteiger partial charge in [-0.25, -0.2) is 4.39 Å². The summed E-state index contributed by atoms with van der Waals surface area (Å²) in [5.74, 6) is 1.02. The smallest absolute Gasteiger partial charge is 0.392 e. The Hall–Kier alpha value is -2.62. The number of hydrogen-bond acceptors (Lipinski definition) is 2. The molecule has 3 atom stereocenters. The first-order valence-corrected chi connectivity index (χ1v) is 10.8. The summed E-state index contributed by atoms with van der Waals surface area (Å²) in [6.07, 6.45) is -4.58. The normalized spacial score (nSPS) is 22.8. The van der Waals surface area contributed by atoms with Crippen LogP contribution in [0.4, 0.5) is 30.7 Å². The number of aliphatic hydroxyl groups is 1. The van der Waals surface area contributed by atoms with Crippen molar-refractivity contribution in [2.75, 3.05) is 0 Å². The van der Waals surface area contributed by atoms with E-state index in [0.29, 0.717) is 36.4 Å². The first-order chi connectivity index (χ1) is 15.9. The Balaban J connectivity index is 0.000000192. The SMILES string of the molecule is O=C1CC[C@H](C2CCCC2c2ccc(F)cc2)N1.OCc1cc(C(F)(F)F)cc(C(F)(F)F)c1. The Kier molecular flexibility index (Phi) is 7.90. The highest BCUT2D eigenvalue weighted by molar-refractivity contribution is 5.78. The Bertz CT molecular complexity index is 954. The van der Waals surface area contributed by atoms with Crippen LogP contribution in [0.25, 0.3) is 0 Å². The van der Waals surface area contributed by atoms with Crippen LogP contribution >= 0.6 is 0 Å². The van der Waals surface area contributed by atoms with Gasteiger partial charge in [-0.05, 0) is 72.6 Å². The van der Waals surface area contributed by atoms with Crippen LogP contribution in [0.2, 0.25) is 0 Å². The largest absolute Gasteiger partial charge is 0.416 e. The van der Waals surface area contributed by atoms with Crippen LogP contribution in [0, 0.1) is 11.7 Å². The van der Waals surface area contributed by atoms with Gasteiger partial charge in [-0.2, -0.15) is 26.3 Å². The first kappa shape index (κ1) is 26.0. The minimum atomic E-state index is -4.87. The Morgan fingerprint density at radius 1 is 0.882 bits per heavy atom. The molecule has 2 N–H and O–H groups in total. The van der Waals surface area contributed by atoms with Gasteiger partial charge in [-0.1, -0.05) is 18.6 Å². The Morgan fingerprint density at radius 2 is 1.47 bits per heavy atom. The number of carbonyl (C=O) groups excluding carboxylic acids is 1. The van der Waals surface area contributed by atoms with Crippen LogP contribution in [-0.2, 0) is 23.8 Å². The Morgan fingerprint density at radius 3 is 1.94 bits per heavy atom. The number of aliphatic hydroxyl groups excluding tert-OH is 1. The molecule has 10 heteroatoms. The zero-order chi connectivity index (χ0) is 25.1. The molecule has 0 bridgehead atoms. The zero-order valence-electron chi connectivity index (χ0n) is 18.0. The number of nitrogens with one attached hydrogen (secondary N) is 1. The summed E-state index contributed by atoms with van der Waals surface area (Å²) >= 11 is 0. The number of halogens is 7. The van der Waals surface area contributed by atoms with Gasteiger partial charge < -0.3 is 10.4 Å². The molecule has 2 aliphatic rings. The van der Waals surface area contributed by atoms with Crippen LogP contribution < -0.4 is 5.32 Å². The molecule has 1 amide bonds. The van der Waals surface area contributed by atoms with E-state index in [-0.39, 0.29) is 17.8 Å². The molecule has 2 aromatic carbocycles. The summed E-state index contributed by atoms with van der Waals surface area (Å²) in [4.78, 5) is 11.3. The van der Waals surface area contributed by atoms with E-state index < -0.39 is 35.6 Å². The molecule has 1 saturated heterocycles. The minimum Gasteiger partial charge on any atom is -0.392 e. The van der Waals surface area contributed by atoms with Crippen LogP contribution in [0.1, 0.15) is 60.3 Å². The molecule has 1 heterocycles. The van der Waals surface area contributed by atoms with E-state index in [0.717, 1.165) is 12.8 Å². The maximum absolute atomic E-state index is 13.0. The third kappa shape index (κ3) is 6.49. The molecule has 1 saturated carbocycles. The van der Waals surface area contributed by atoms with E-state index in [4.69, 9.17) is 5.11 Å². The third-order valence-corrected chi connectivity index (χ3v) is 6.24. The predicted octanol–water partition coefficient (Wildman–Crippen LogP) is 6.20. The van der Waals surface area contributed by atoms with E-state index in [2.05, 4.69) is 5.32 Å². The quantitative estimate of drug-likeness (QED) is 0.502. The summed E-state index contributed by atoms with van der Waals surface area (Å²) in [6, 6.07) is 8.18. The van der Waals surface area contributed by atoms with Crippen LogP contribution in [-0.4, -0.2) is 17.1 Å². The van der Waals surface area contributed by atoms with Gasteiger partial charge in [0.15, 0.2) is 0 Å². The standard InChI is InChI=1S/C15H18FNO.C9H6F6O/c16-11-6-4-10(5-7-11)12-2-1-3-13(12)14-8-9-15(18)17-14;10-8(11,12)6-1-5(4-16)2-7(3-6)9(13,14)15/h4-7,12-14H,1-3,8-9H2,(H,17,18);1-3,16H,4H2/t12?,13?,14-;/m1./s1. The molecule has 0 aromatic heterocycles. The van der Waals surface area contributed by atoms with Crippen molar-refractivity contribution >= 4 is 5.91 Å². The molecule has 186 valence electrons. The van der Waals surface area contributed by atoms with Crippen molar-refractivity contribution in [1.82, 2.24) is 5.32 Å². The van der Waals surface area contributed by atoms with Crippen molar-refractivity contribution in [2.24, 2.45) is 5.92 Å². The monoisotopic (exact) mass is 491 g/mol. The second-order valence-electron chi connectivity index (χ2n) is 8.54. The van der Waals surface area contributed by atoms with Gasteiger partial charge in [-0.15, -0.1) is 0 Å². The lowest BCUT2D eigenvalue weighted by molar-refractivity contribution is -0.143. The molecule has 2 aromatic rings. The summed E-state index contributed by atoms with van der Waals surface area (Å²) in [6.45, 7) is -0.882. The lowest BCUT2D eigenvalue weighted by Crippen LogP contribution is -2.34. The van der Waals surface area contributed by atoms with Crippen molar-refractivity contribution in [3.8, 4) is 0 Å². The predicted molar refractivity (Wildman–Crippen MR) is 110 cm³/mol. The summed E-state index contributed by atoms with van der Waals surface area (Å²) in [5.41, 5.74) is -2.06. The second kappa shape index (κ2) is 10.3. The molecule has 0 spiro atoms. The fourth-order valence-electron chi connectivity index (χ4n) is 4.66. The Labute approximate surface area is 192 Å². The van der Waals surface area contributed by atoms with E-state index >= 15 is 0 Å². The highest BCUT2D eigenvalue weighted by Gasteiger charge is 2.38. The van der Waals surface area contributed by atoms with Crippen molar-refractivity contribution in [3.05, 3.63) is 70.5 Å². The average Bonchev–Trinajstić information content (AvgIpc) is 3.42. The van der Waals surface area contributed by atoms with Gasteiger partial charge in [0, 0.05) is 12.5 Å². The number of hydrogen-bond donors (Lipinski definition) is 2. The van der Waals surface area contributed by atoms with Crippen molar-refractivity contribution < 1.29 is 40.6 Å². The fraction of sp³-hybridized carbons (Fsp3) is 0.458. The van der Waals surface area contributed by atoms with E-state index in [1.165, 1.54) is 30.5 Å². The molecule has 0 radical (unpaired) electrons. The van der Waals surface area contributed by atoms with Gasteiger partial charge in [0.05, 0.1) is 17.7 Å². The van der Waals surface area contributed by atoms with Crippen molar-refractivity contribution in [2.45, 2.75) is 63.0 Å².